The lowest BCUT2D eigenvalue weighted by Gasteiger charge is -2.06. The van der Waals surface area contributed by atoms with Crippen molar-refractivity contribution in [3.63, 3.8) is 0 Å². The Hall–Kier alpha value is -2.14. The van der Waals surface area contributed by atoms with Gasteiger partial charge in [0.2, 0.25) is 0 Å². The van der Waals surface area contributed by atoms with Crippen molar-refractivity contribution in [2.75, 3.05) is 11.9 Å². The van der Waals surface area contributed by atoms with Crippen LogP contribution in [0.15, 0.2) is 41.5 Å². The van der Waals surface area contributed by atoms with Gasteiger partial charge in [0.15, 0.2) is 0 Å². The number of amides is 1. The van der Waals surface area contributed by atoms with Crippen molar-refractivity contribution in [1.29, 1.82) is 0 Å². The second-order valence-electron chi connectivity index (χ2n) is 4.86. The van der Waals surface area contributed by atoms with E-state index in [1.54, 1.807) is 11.3 Å². The van der Waals surface area contributed by atoms with Gasteiger partial charge < -0.3 is 5.32 Å². The number of nitrogens with zero attached hydrogens (tertiary/aromatic N) is 1. The van der Waals surface area contributed by atoms with Crippen LogP contribution in [0.1, 0.15) is 22.2 Å². The van der Waals surface area contributed by atoms with Crippen molar-refractivity contribution >= 4 is 28.6 Å². The first-order valence-corrected chi connectivity index (χ1v) is 7.57. The number of hydrazone groups is 1. The molecular weight excluding hydrogens is 282 g/mol. The number of aryl methyl sites for hydroxylation is 2. The number of thiophene rings is 1. The zero-order valence-electron chi connectivity index (χ0n) is 12.4. The van der Waals surface area contributed by atoms with Gasteiger partial charge in [-0.2, -0.15) is 5.10 Å². The van der Waals surface area contributed by atoms with Crippen LogP contribution in [0.25, 0.3) is 0 Å². The minimum Gasteiger partial charge on any atom is -0.376 e. The van der Waals surface area contributed by atoms with E-state index in [4.69, 9.17) is 0 Å². The number of anilines is 1. The molecule has 1 aromatic carbocycles. The Kier molecular flexibility index (Phi) is 5.11. The number of rotatable bonds is 5. The molecular formula is C16H19N3OS. The van der Waals surface area contributed by atoms with Crippen LogP contribution in [0.3, 0.4) is 0 Å². The van der Waals surface area contributed by atoms with E-state index in [2.05, 4.69) is 15.8 Å². The molecule has 1 aromatic heterocycles. The average Bonchev–Trinajstić information content (AvgIpc) is 2.91. The van der Waals surface area contributed by atoms with Crippen LogP contribution in [0, 0.1) is 13.8 Å². The van der Waals surface area contributed by atoms with E-state index >= 15 is 0 Å². The number of carbonyl (C=O) groups is 1. The highest BCUT2D eigenvalue weighted by atomic mass is 32.1. The van der Waals surface area contributed by atoms with E-state index in [1.807, 2.05) is 57.2 Å². The fraction of sp³-hybridized carbons (Fsp3) is 0.250. The van der Waals surface area contributed by atoms with Gasteiger partial charge in [0, 0.05) is 10.6 Å². The lowest BCUT2D eigenvalue weighted by Crippen LogP contribution is -2.26. The van der Waals surface area contributed by atoms with Crippen molar-refractivity contribution in [3.05, 3.63) is 51.7 Å². The SMILES string of the molecule is C/C(=N/NC(=O)CNc1ccc(C)cc1)c1ccc(C)s1. The van der Waals surface area contributed by atoms with E-state index in [0.717, 1.165) is 16.3 Å². The molecule has 0 unspecified atom stereocenters. The third-order valence-corrected chi connectivity index (χ3v) is 4.06. The predicted molar refractivity (Wildman–Crippen MR) is 89.1 cm³/mol. The first kappa shape index (κ1) is 15.3. The molecule has 0 saturated heterocycles. The fourth-order valence-corrected chi connectivity index (χ4v) is 2.54. The highest BCUT2D eigenvalue weighted by molar-refractivity contribution is 7.14. The Labute approximate surface area is 128 Å². The van der Waals surface area contributed by atoms with Crippen LogP contribution in [0.4, 0.5) is 5.69 Å². The lowest BCUT2D eigenvalue weighted by atomic mass is 10.2. The van der Waals surface area contributed by atoms with Crippen molar-refractivity contribution in [3.8, 4) is 0 Å². The largest absolute Gasteiger partial charge is 0.376 e. The molecule has 0 aliphatic carbocycles. The second kappa shape index (κ2) is 7.04. The second-order valence-corrected chi connectivity index (χ2v) is 6.15. The van der Waals surface area contributed by atoms with Crippen molar-refractivity contribution in [2.24, 2.45) is 5.10 Å². The Balaban J connectivity index is 1.83. The van der Waals surface area contributed by atoms with E-state index in [0.29, 0.717) is 0 Å². The maximum Gasteiger partial charge on any atom is 0.259 e. The van der Waals surface area contributed by atoms with Crippen LogP contribution >= 0.6 is 11.3 Å². The first-order chi connectivity index (χ1) is 10.0. The van der Waals surface area contributed by atoms with Gasteiger partial charge in [-0.15, -0.1) is 11.3 Å². The third kappa shape index (κ3) is 4.72. The highest BCUT2D eigenvalue weighted by Gasteiger charge is 2.03. The average molecular weight is 301 g/mol. The van der Waals surface area contributed by atoms with Gasteiger partial charge in [0.1, 0.15) is 0 Å². The summed E-state index contributed by atoms with van der Waals surface area (Å²) in [6.07, 6.45) is 0. The maximum absolute atomic E-state index is 11.7. The molecule has 1 heterocycles. The molecule has 0 radical (unpaired) electrons. The summed E-state index contributed by atoms with van der Waals surface area (Å²) in [6, 6.07) is 12.0. The zero-order valence-corrected chi connectivity index (χ0v) is 13.3. The highest BCUT2D eigenvalue weighted by Crippen LogP contribution is 2.15. The lowest BCUT2D eigenvalue weighted by molar-refractivity contribution is -0.119. The van der Waals surface area contributed by atoms with E-state index in [9.17, 15) is 4.79 Å². The topological polar surface area (TPSA) is 53.5 Å². The molecule has 0 spiro atoms. The summed E-state index contributed by atoms with van der Waals surface area (Å²) in [4.78, 5) is 14.0. The number of carbonyl (C=O) groups excluding carboxylic acids is 1. The summed E-state index contributed by atoms with van der Waals surface area (Å²) in [7, 11) is 0. The normalized spacial score (nSPS) is 11.3. The van der Waals surface area contributed by atoms with Crippen LogP contribution in [-0.4, -0.2) is 18.2 Å². The smallest absolute Gasteiger partial charge is 0.259 e. The molecule has 21 heavy (non-hydrogen) atoms. The monoisotopic (exact) mass is 301 g/mol. The molecule has 0 aliphatic rings. The summed E-state index contributed by atoms with van der Waals surface area (Å²) < 4.78 is 0. The fourth-order valence-electron chi connectivity index (χ4n) is 1.72. The molecule has 110 valence electrons. The number of benzene rings is 1. The Morgan fingerprint density at radius 2 is 1.86 bits per heavy atom. The zero-order chi connectivity index (χ0) is 15.2. The Morgan fingerprint density at radius 3 is 2.48 bits per heavy atom. The first-order valence-electron chi connectivity index (χ1n) is 6.75. The van der Waals surface area contributed by atoms with Crippen LogP contribution in [-0.2, 0) is 4.79 Å². The summed E-state index contributed by atoms with van der Waals surface area (Å²) in [6.45, 7) is 6.16. The molecule has 2 aromatic rings. The minimum atomic E-state index is -0.164. The van der Waals surface area contributed by atoms with Crippen LogP contribution in [0.5, 0.6) is 0 Å². The molecule has 1 amide bonds. The van der Waals surface area contributed by atoms with Gasteiger partial charge in [0.05, 0.1) is 17.1 Å². The summed E-state index contributed by atoms with van der Waals surface area (Å²) >= 11 is 1.66. The molecule has 2 rings (SSSR count). The molecule has 4 nitrogen and oxygen atoms in total. The van der Waals surface area contributed by atoms with Crippen LogP contribution < -0.4 is 10.7 Å². The molecule has 2 N–H and O–H groups in total. The predicted octanol–water partition coefficient (Wildman–Crippen LogP) is 3.32. The molecule has 0 bridgehead atoms. The quantitative estimate of drug-likeness (QED) is 0.657. The molecule has 5 heteroatoms. The van der Waals surface area contributed by atoms with Gasteiger partial charge in [0.25, 0.3) is 5.91 Å². The Bertz CT molecular complexity index is 644. The van der Waals surface area contributed by atoms with Gasteiger partial charge in [-0.25, -0.2) is 5.43 Å². The minimum absolute atomic E-state index is 0.164. The maximum atomic E-state index is 11.7. The summed E-state index contributed by atoms with van der Waals surface area (Å²) in [5, 5.41) is 7.18. The summed E-state index contributed by atoms with van der Waals surface area (Å²) in [5.74, 6) is -0.164. The number of hydrogen-bond acceptors (Lipinski definition) is 4. The molecule has 0 atom stereocenters. The van der Waals surface area contributed by atoms with Gasteiger partial charge in [-0.3, -0.25) is 4.79 Å². The van der Waals surface area contributed by atoms with Gasteiger partial charge in [-0.1, -0.05) is 17.7 Å². The van der Waals surface area contributed by atoms with Crippen molar-refractivity contribution in [2.45, 2.75) is 20.8 Å². The Morgan fingerprint density at radius 1 is 1.14 bits per heavy atom. The van der Waals surface area contributed by atoms with E-state index < -0.39 is 0 Å². The summed E-state index contributed by atoms with van der Waals surface area (Å²) in [5.41, 5.74) is 5.49. The van der Waals surface area contributed by atoms with Crippen LogP contribution in [0.2, 0.25) is 0 Å². The van der Waals surface area contributed by atoms with Gasteiger partial charge >= 0.3 is 0 Å². The van der Waals surface area contributed by atoms with Crippen molar-refractivity contribution < 1.29 is 4.79 Å². The third-order valence-electron chi connectivity index (χ3n) is 2.95. The molecule has 0 saturated carbocycles. The van der Waals surface area contributed by atoms with Gasteiger partial charge in [-0.05, 0) is 45.0 Å². The number of hydrogen-bond donors (Lipinski definition) is 2. The van der Waals surface area contributed by atoms with E-state index in [-0.39, 0.29) is 12.5 Å². The molecule has 0 aliphatic heterocycles. The van der Waals surface area contributed by atoms with E-state index in [1.165, 1.54) is 10.4 Å². The number of nitrogens with one attached hydrogen (secondary N) is 2. The van der Waals surface area contributed by atoms with Crippen molar-refractivity contribution in [1.82, 2.24) is 5.43 Å². The molecule has 0 fully saturated rings. The standard InChI is InChI=1S/C16H19N3OS/c1-11-4-7-14(8-5-11)17-10-16(20)19-18-13(3)15-9-6-12(2)21-15/h4-9,17H,10H2,1-3H3,(H,19,20)/b18-13-.